The molecule has 2 rings (SSSR count). The smallest absolute Gasteiger partial charge is 0.163 e. The minimum Gasteiger partial charge on any atom is -0.375 e. The molecule has 1 aromatic carbocycles. The van der Waals surface area contributed by atoms with Crippen LogP contribution in [0.4, 0.5) is 8.78 Å². The van der Waals surface area contributed by atoms with Crippen molar-refractivity contribution in [3.8, 4) is 0 Å². The zero-order valence-electron chi connectivity index (χ0n) is 11.9. The van der Waals surface area contributed by atoms with E-state index < -0.39 is 11.6 Å². The lowest BCUT2D eigenvalue weighted by Gasteiger charge is -2.31. The van der Waals surface area contributed by atoms with Crippen LogP contribution in [-0.4, -0.2) is 30.8 Å². The third-order valence-electron chi connectivity index (χ3n) is 3.47. The van der Waals surface area contributed by atoms with Gasteiger partial charge in [0.05, 0.1) is 18.8 Å². The first kappa shape index (κ1) is 15.7. The molecule has 20 heavy (non-hydrogen) atoms. The second-order valence-electron chi connectivity index (χ2n) is 5.02. The summed E-state index contributed by atoms with van der Waals surface area (Å²) < 4.78 is 33.8. The Morgan fingerprint density at radius 2 is 2.20 bits per heavy atom. The second-order valence-corrected chi connectivity index (χ2v) is 6.17. The predicted octanol–water partition coefficient (Wildman–Crippen LogP) is 3.45. The highest BCUT2D eigenvalue weighted by molar-refractivity contribution is 7.99. The number of benzene rings is 1. The zero-order valence-corrected chi connectivity index (χ0v) is 12.7. The van der Waals surface area contributed by atoms with Crippen molar-refractivity contribution in [3.63, 3.8) is 0 Å². The van der Waals surface area contributed by atoms with Crippen LogP contribution in [0, 0.1) is 18.6 Å². The van der Waals surface area contributed by atoms with E-state index in [1.165, 1.54) is 0 Å². The summed E-state index contributed by atoms with van der Waals surface area (Å²) in [4.78, 5) is 0. The van der Waals surface area contributed by atoms with Crippen LogP contribution in [0.15, 0.2) is 12.1 Å². The number of hydrogen-bond donors (Lipinski definition) is 1. The van der Waals surface area contributed by atoms with Crippen molar-refractivity contribution in [3.05, 3.63) is 34.9 Å². The van der Waals surface area contributed by atoms with Crippen LogP contribution in [-0.2, 0) is 4.74 Å². The van der Waals surface area contributed by atoms with Crippen molar-refractivity contribution in [1.29, 1.82) is 0 Å². The number of thioether (sulfide) groups is 1. The first-order valence-corrected chi connectivity index (χ1v) is 8.17. The first-order chi connectivity index (χ1) is 9.65. The highest BCUT2D eigenvalue weighted by atomic mass is 32.2. The molecule has 1 N–H and O–H groups in total. The van der Waals surface area contributed by atoms with Gasteiger partial charge in [-0.2, -0.15) is 11.8 Å². The molecule has 0 amide bonds. The van der Waals surface area contributed by atoms with E-state index in [4.69, 9.17) is 4.74 Å². The minimum absolute atomic E-state index is 0.114. The molecule has 1 saturated heterocycles. The fourth-order valence-electron chi connectivity index (χ4n) is 2.34. The molecule has 0 aliphatic carbocycles. The Kier molecular flexibility index (Phi) is 5.81. The molecular formula is C15H21F2NOS. The van der Waals surface area contributed by atoms with E-state index >= 15 is 0 Å². The van der Waals surface area contributed by atoms with Gasteiger partial charge in [0.25, 0.3) is 0 Å². The van der Waals surface area contributed by atoms with Gasteiger partial charge in [0.15, 0.2) is 11.6 Å². The molecule has 5 heteroatoms. The first-order valence-electron chi connectivity index (χ1n) is 7.02. The maximum absolute atomic E-state index is 14.2. The SMILES string of the molecule is CCCNC(c1ccc(C)c(F)c1F)C1CSCCO1. The fourth-order valence-corrected chi connectivity index (χ4v) is 3.24. The quantitative estimate of drug-likeness (QED) is 0.900. The zero-order chi connectivity index (χ0) is 14.5. The van der Waals surface area contributed by atoms with Crippen molar-refractivity contribution in [2.45, 2.75) is 32.4 Å². The van der Waals surface area contributed by atoms with Crippen molar-refractivity contribution in [2.24, 2.45) is 0 Å². The van der Waals surface area contributed by atoms with Crippen LogP contribution in [0.2, 0.25) is 0 Å². The van der Waals surface area contributed by atoms with Gasteiger partial charge in [0.2, 0.25) is 0 Å². The third kappa shape index (κ3) is 3.51. The molecule has 1 aliphatic rings. The van der Waals surface area contributed by atoms with Gasteiger partial charge in [0, 0.05) is 17.1 Å². The van der Waals surface area contributed by atoms with Crippen LogP contribution in [0.1, 0.15) is 30.5 Å². The highest BCUT2D eigenvalue weighted by Gasteiger charge is 2.29. The fraction of sp³-hybridized carbons (Fsp3) is 0.600. The van der Waals surface area contributed by atoms with E-state index in [1.807, 2.05) is 6.92 Å². The molecule has 0 radical (unpaired) electrons. The second kappa shape index (κ2) is 7.38. The summed E-state index contributed by atoms with van der Waals surface area (Å²) in [6.45, 7) is 5.04. The Bertz CT molecular complexity index is 450. The summed E-state index contributed by atoms with van der Waals surface area (Å²) in [6, 6.07) is 3.01. The molecule has 1 fully saturated rings. The van der Waals surface area contributed by atoms with Crippen molar-refractivity contribution in [1.82, 2.24) is 5.32 Å². The molecule has 2 atom stereocenters. The topological polar surface area (TPSA) is 21.3 Å². The van der Waals surface area contributed by atoms with E-state index in [-0.39, 0.29) is 12.1 Å². The maximum atomic E-state index is 14.2. The highest BCUT2D eigenvalue weighted by Crippen LogP contribution is 2.29. The van der Waals surface area contributed by atoms with E-state index in [2.05, 4.69) is 5.32 Å². The number of nitrogens with one attached hydrogen (secondary N) is 1. The number of hydrogen-bond acceptors (Lipinski definition) is 3. The molecule has 0 aromatic heterocycles. The Labute approximate surface area is 123 Å². The van der Waals surface area contributed by atoms with Gasteiger partial charge in [-0.3, -0.25) is 0 Å². The summed E-state index contributed by atoms with van der Waals surface area (Å²) in [7, 11) is 0. The van der Waals surface area contributed by atoms with Crippen LogP contribution in [0.25, 0.3) is 0 Å². The lowest BCUT2D eigenvalue weighted by molar-refractivity contribution is 0.0457. The van der Waals surface area contributed by atoms with Crippen LogP contribution in [0.3, 0.4) is 0 Å². The number of aryl methyl sites for hydroxylation is 1. The molecule has 2 nitrogen and oxygen atoms in total. The van der Waals surface area contributed by atoms with Crippen molar-refractivity contribution < 1.29 is 13.5 Å². The van der Waals surface area contributed by atoms with Gasteiger partial charge in [-0.05, 0) is 25.5 Å². The van der Waals surface area contributed by atoms with E-state index in [0.717, 1.165) is 24.5 Å². The molecule has 2 unspecified atom stereocenters. The molecular weight excluding hydrogens is 280 g/mol. The average Bonchev–Trinajstić information content (AvgIpc) is 2.48. The molecule has 112 valence electrons. The predicted molar refractivity (Wildman–Crippen MR) is 79.2 cm³/mol. The third-order valence-corrected chi connectivity index (χ3v) is 4.49. The average molecular weight is 301 g/mol. The van der Waals surface area contributed by atoms with Gasteiger partial charge < -0.3 is 10.1 Å². The summed E-state index contributed by atoms with van der Waals surface area (Å²) in [5.41, 5.74) is 0.702. The van der Waals surface area contributed by atoms with E-state index in [0.29, 0.717) is 17.7 Å². The number of ether oxygens (including phenoxy) is 1. The van der Waals surface area contributed by atoms with Crippen LogP contribution < -0.4 is 5.32 Å². The van der Waals surface area contributed by atoms with Gasteiger partial charge in [-0.15, -0.1) is 0 Å². The van der Waals surface area contributed by atoms with Gasteiger partial charge in [0.1, 0.15) is 0 Å². The summed E-state index contributed by atoms with van der Waals surface area (Å²) in [5, 5.41) is 3.30. The van der Waals surface area contributed by atoms with Crippen molar-refractivity contribution in [2.75, 3.05) is 24.7 Å². The Hall–Kier alpha value is -0.650. The Morgan fingerprint density at radius 1 is 1.40 bits per heavy atom. The molecule has 0 saturated carbocycles. The number of rotatable bonds is 5. The maximum Gasteiger partial charge on any atom is 0.163 e. The normalized spacial score (nSPS) is 20.9. The summed E-state index contributed by atoms with van der Waals surface area (Å²) >= 11 is 1.79. The molecule has 1 aliphatic heterocycles. The number of halogens is 2. The largest absolute Gasteiger partial charge is 0.375 e. The van der Waals surface area contributed by atoms with Crippen molar-refractivity contribution >= 4 is 11.8 Å². The standard InChI is InChI=1S/C15H21F2NOS/c1-3-6-18-15(12-9-20-8-7-19-12)11-5-4-10(2)13(16)14(11)17/h4-5,12,15,18H,3,6-9H2,1-2H3. The van der Waals surface area contributed by atoms with E-state index in [9.17, 15) is 8.78 Å². The van der Waals surface area contributed by atoms with Gasteiger partial charge in [-0.25, -0.2) is 8.78 Å². The molecule has 0 spiro atoms. The van der Waals surface area contributed by atoms with Gasteiger partial charge >= 0.3 is 0 Å². The van der Waals surface area contributed by atoms with Gasteiger partial charge in [-0.1, -0.05) is 19.1 Å². The summed E-state index contributed by atoms with van der Waals surface area (Å²) in [5.74, 6) is 0.255. The molecule has 1 heterocycles. The Morgan fingerprint density at radius 3 is 2.85 bits per heavy atom. The van der Waals surface area contributed by atoms with Crippen LogP contribution in [0.5, 0.6) is 0 Å². The molecule has 0 bridgehead atoms. The lowest BCUT2D eigenvalue weighted by Crippen LogP contribution is -2.39. The Balaban J connectivity index is 2.27. The van der Waals surface area contributed by atoms with Crippen LogP contribution >= 0.6 is 11.8 Å². The monoisotopic (exact) mass is 301 g/mol. The lowest BCUT2D eigenvalue weighted by atomic mass is 9.99. The summed E-state index contributed by atoms with van der Waals surface area (Å²) in [6.07, 6.45) is 0.823. The molecule has 1 aromatic rings. The van der Waals surface area contributed by atoms with E-state index in [1.54, 1.807) is 30.8 Å². The minimum atomic E-state index is -0.755.